The monoisotopic (exact) mass is 393 g/mol. The maximum Gasteiger partial charge on any atom is 0.266 e. The van der Waals surface area contributed by atoms with Gasteiger partial charge in [0.25, 0.3) is 5.91 Å². The fraction of sp³-hybridized carbons (Fsp3) is 0.286. The van der Waals surface area contributed by atoms with Gasteiger partial charge in [0.2, 0.25) is 5.91 Å². The number of fused-ring (bicyclic) bond motifs is 2. The van der Waals surface area contributed by atoms with E-state index < -0.39 is 6.10 Å². The minimum atomic E-state index is -0.806. The van der Waals surface area contributed by atoms with E-state index in [4.69, 9.17) is 9.72 Å². The molecule has 0 spiro atoms. The third-order valence-electron chi connectivity index (χ3n) is 5.24. The van der Waals surface area contributed by atoms with E-state index in [1.807, 2.05) is 35.2 Å². The number of thiazole rings is 1. The minimum absolute atomic E-state index is 0.0242. The summed E-state index contributed by atoms with van der Waals surface area (Å²) in [5.41, 5.74) is 1.61. The highest BCUT2D eigenvalue weighted by Gasteiger charge is 2.36. The van der Waals surface area contributed by atoms with Gasteiger partial charge in [-0.05, 0) is 37.1 Å². The fourth-order valence-electron chi connectivity index (χ4n) is 3.86. The standard InChI is InChI=1S/C21H19N3O3S/c25-19(12-17-20(26)22-13-6-1-3-9-16(13)27-17)24-11-5-8-15(24)21-23-14-7-2-4-10-18(14)28-21/h1-4,6-7,9-10,15,17H,5,8,11-12H2,(H,22,26)/t15-,17+/m1/s1. The number of hydrogen-bond acceptors (Lipinski definition) is 5. The van der Waals surface area contributed by atoms with E-state index >= 15 is 0 Å². The van der Waals surface area contributed by atoms with Crippen molar-refractivity contribution >= 4 is 39.1 Å². The fourth-order valence-corrected chi connectivity index (χ4v) is 4.97. The number of nitrogens with zero attached hydrogens (tertiary/aromatic N) is 2. The molecule has 1 saturated heterocycles. The molecule has 1 N–H and O–H groups in total. The summed E-state index contributed by atoms with van der Waals surface area (Å²) in [4.78, 5) is 32.0. The van der Waals surface area contributed by atoms with Gasteiger partial charge < -0.3 is 15.0 Å². The number of rotatable bonds is 3. The average molecular weight is 393 g/mol. The number of ether oxygens (including phenoxy) is 1. The van der Waals surface area contributed by atoms with Gasteiger partial charge in [0, 0.05) is 6.54 Å². The van der Waals surface area contributed by atoms with Crippen molar-refractivity contribution in [1.29, 1.82) is 0 Å². The minimum Gasteiger partial charge on any atom is -0.478 e. The first-order valence-corrected chi connectivity index (χ1v) is 10.2. The molecule has 5 rings (SSSR count). The van der Waals surface area contributed by atoms with Crippen molar-refractivity contribution < 1.29 is 14.3 Å². The smallest absolute Gasteiger partial charge is 0.266 e. The number of nitrogens with one attached hydrogen (secondary N) is 1. The predicted octanol–water partition coefficient (Wildman–Crippen LogP) is 3.75. The van der Waals surface area contributed by atoms with E-state index in [1.54, 1.807) is 23.5 Å². The lowest BCUT2D eigenvalue weighted by Gasteiger charge is -2.28. The number of para-hydroxylation sites is 3. The summed E-state index contributed by atoms with van der Waals surface area (Å²) in [5.74, 6) is 0.258. The van der Waals surface area contributed by atoms with Crippen LogP contribution in [-0.2, 0) is 9.59 Å². The molecule has 1 aromatic heterocycles. The maximum atomic E-state index is 13.0. The van der Waals surface area contributed by atoms with Crippen LogP contribution in [0.25, 0.3) is 10.2 Å². The highest BCUT2D eigenvalue weighted by molar-refractivity contribution is 7.18. The molecule has 3 aromatic rings. The van der Waals surface area contributed by atoms with Crippen molar-refractivity contribution in [3.05, 3.63) is 53.5 Å². The molecule has 2 amide bonds. The van der Waals surface area contributed by atoms with Crippen molar-refractivity contribution in [3.8, 4) is 5.75 Å². The van der Waals surface area contributed by atoms with Gasteiger partial charge in [-0.1, -0.05) is 24.3 Å². The SMILES string of the molecule is O=C1Nc2ccccc2O[C@H]1CC(=O)N1CCC[C@@H]1c1nc2ccccc2s1. The summed E-state index contributed by atoms with van der Waals surface area (Å²) >= 11 is 1.64. The summed E-state index contributed by atoms with van der Waals surface area (Å²) in [5, 5.41) is 3.79. The molecule has 0 bridgehead atoms. The van der Waals surface area contributed by atoms with Crippen molar-refractivity contribution in [2.45, 2.75) is 31.4 Å². The lowest BCUT2D eigenvalue weighted by atomic mass is 10.1. The number of amides is 2. The summed E-state index contributed by atoms with van der Waals surface area (Å²) in [6.45, 7) is 0.685. The van der Waals surface area contributed by atoms with Crippen molar-refractivity contribution in [2.75, 3.05) is 11.9 Å². The molecule has 0 radical (unpaired) electrons. The second-order valence-electron chi connectivity index (χ2n) is 7.06. The summed E-state index contributed by atoms with van der Waals surface area (Å²) < 4.78 is 6.92. The van der Waals surface area contributed by atoms with Gasteiger partial charge in [-0.2, -0.15) is 0 Å². The second kappa shape index (κ2) is 6.91. The number of carbonyl (C=O) groups excluding carboxylic acids is 2. The van der Waals surface area contributed by atoms with E-state index in [0.29, 0.717) is 18.0 Å². The Morgan fingerprint density at radius 1 is 1.21 bits per heavy atom. The van der Waals surface area contributed by atoms with Crippen LogP contribution in [0, 0.1) is 0 Å². The molecule has 2 aliphatic rings. The largest absolute Gasteiger partial charge is 0.478 e. The van der Waals surface area contributed by atoms with Gasteiger partial charge in [0.05, 0.1) is 28.4 Å². The quantitative estimate of drug-likeness (QED) is 0.736. The lowest BCUT2D eigenvalue weighted by molar-refractivity contribution is -0.137. The van der Waals surface area contributed by atoms with Crippen molar-refractivity contribution in [1.82, 2.24) is 9.88 Å². The predicted molar refractivity (Wildman–Crippen MR) is 107 cm³/mol. The molecule has 28 heavy (non-hydrogen) atoms. The summed E-state index contributed by atoms with van der Waals surface area (Å²) in [7, 11) is 0. The van der Waals surface area contributed by atoms with Crippen molar-refractivity contribution in [3.63, 3.8) is 0 Å². The zero-order valence-electron chi connectivity index (χ0n) is 15.1. The Labute approximate surface area is 166 Å². The van der Waals surface area contributed by atoms with Gasteiger partial charge in [0.15, 0.2) is 6.10 Å². The van der Waals surface area contributed by atoms with Crippen LogP contribution in [0.5, 0.6) is 5.75 Å². The van der Waals surface area contributed by atoms with Gasteiger partial charge in [-0.15, -0.1) is 11.3 Å². The Balaban J connectivity index is 1.34. The number of aromatic nitrogens is 1. The molecule has 2 atom stereocenters. The van der Waals surface area contributed by atoms with Crippen LogP contribution in [0.2, 0.25) is 0 Å². The molecule has 1 fully saturated rings. The van der Waals surface area contributed by atoms with Gasteiger partial charge in [0.1, 0.15) is 10.8 Å². The summed E-state index contributed by atoms with van der Waals surface area (Å²) in [6, 6.07) is 15.3. The van der Waals surface area contributed by atoms with E-state index in [0.717, 1.165) is 28.1 Å². The Morgan fingerprint density at radius 3 is 2.93 bits per heavy atom. The first-order chi connectivity index (χ1) is 13.7. The summed E-state index contributed by atoms with van der Waals surface area (Å²) in [6.07, 6.45) is 1.06. The molecular weight excluding hydrogens is 374 g/mol. The van der Waals surface area contributed by atoms with Gasteiger partial charge in [-0.3, -0.25) is 9.59 Å². The molecule has 0 unspecified atom stereocenters. The highest BCUT2D eigenvalue weighted by Crippen LogP contribution is 2.37. The Kier molecular flexibility index (Phi) is 4.24. The van der Waals surface area contributed by atoms with Crippen LogP contribution in [0.1, 0.15) is 30.3 Å². The van der Waals surface area contributed by atoms with E-state index in [2.05, 4.69) is 11.4 Å². The van der Waals surface area contributed by atoms with Crippen LogP contribution in [0.15, 0.2) is 48.5 Å². The van der Waals surface area contributed by atoms with Gasteiger partial charge >= 0.3 is 0 Å². The molecular formula is C21H19N3O3S. The first kappa shape index (κ1) is 17.2. The third-order valence-corrected chi connectivity index (χ3v) is 6.37. The Hall–Kier alpha value is -2.93. The van der Waals surface area contributed by atoms with Crippen LogP contribution in [-0.4, -0.2) is 34.3 Å². The van der Waals surface area contributed by atoms with Crippen LogP contribution < -0.4 is 10.1 Å². The van der Waals surface area contributed by atoms with E-state index in [9.17, 15) is 9.59 Å². The maximum absolute atomic E-state index is 13.0. The first-order valence-electron chi connectivity index (χ1n) is 9.40. The van der Waals surface area contributed by atoms with Crippen molar-refractivity contribution in [2.24, 2.45) is 0 Å². The average Bonchev–Trinajstić information content (AvgIpc) is 3.35. The zero-order chi connectivity index (χ0) is 19.1. The topological polar surface area (TPSA) is 71.5 Å². The second-order valence-corrected chi connectivity index (χ2v) is 8.12. The Morgan fingerprint density at radius 2 is 2.04 bits per heavy atom. The molecule has 6 nitrogen and oxygen atoms in total. The molecule has 0 aliphatic carbocycles. The molecule has 142 valence electrons. The number of hydrogen-bond donors (Lipinski definition) is 1. The normalized spacial score (nSPS) is 21.3. The highest BCUT2D eigenvalue weighted by atomic mass is 32.1. The van der Waals surface area contributed by atoms with Crippen LogP contribution in [0.3, 0.4) is 0 Å². The number of benzene rings is 2. The number of anilines is 1. The molecule has 0 saturated carbocycles. The Bertz CT molecular complexity index is 1030. The zero-order valence-corrected chi connectivity index (χ0v) is 15.9. The molecule has 3 heterocycles. The third kappa shape index (κ3) is 3.01. The molecule has 2 aliphatic heterocycles. The molecule has 2 aromatic carbocycles. The number of likely N-dealkylation sites (tertiary alicyclic amines) is 1. The number of carbonyl (C=O) groups is 2. The van der Waals surface area contributed by atoms with Crippen LogP contribution in [0.4, 0.5) is 5.69 Å². The van der Waals surface area contributed by atoms with Gasteiger partial charge in [-0.25, -0.2) is 4.98 Å². The van der Waals surface area contributed by atoms with Crippen LogP contribution >= 0.6 is 11.3 Å². The van der Waals surface area contributed by atoms with E-state index in [1.165, 1.54) is 0 Å². The lowest BCUT2D eigenvalue weighted by Crippen LogP contribution is -2.42. The van der Waals surface area contributed by atoms with E-state index in [-0.39, 0.29) is 24.3 Å². The molecule has 7 heteroatoms.